The number of rotatable bonds is 10. The van der Waals surface area contributed by atoms with Gasteiger partial charge in [-0.3, -0.25) is 0 Å². The van der Waals surface area contributed by atoms with E-state index >= 15 is 0 Å². The normalized spacial score (nSPS) is 12.6. The van der Waals surface area contributed by atoms with Gasteiger partial charge in [0.15, 0.2) is 10.9 Å². The summed E-state index contributed by atoms with van der Waals surface area (Å²) < 4.78 is 18.4. The first-order valence-electron chi connectivity index (χ1n) is 10.3. The Bertz CT molecular complexity index is 1020. The van der Waals surface area contributed by atoms with Gasteiger partial charge in [0.05, 0.1) is 24.1 Å². The van der Waals surface area contributed by atoms with Crippen molar-refractivity contribution >= 4 is 35.5 Å². The number of nitrogen functional groups attached to an aromatic ring is 2. The second-order valence-corrected chi connectivity index (χ2v) is 8.91. The number of hydrogen-bond donors (Lipinski definition) is 2. The molecule has 0 heterocycles. The zero-order valence-electron chi connectivity index (χ0n) is 17.7. The predicted octanol–water partition coefficient (Wildman–Crippen LogP) is 7.02. The molecule has 4 N–H and O–H groups in total. The molecule has 0 aromatic heterocycles. The van der Waals surface area contributed by atoms with Crippen LogP contribution in [0.5, 0.6) is 11.5 Å². The van der Waals surface area contributed by atoms with Crippen molar-refractivity contribution in [1.29, 1.82) is 0 Å². The lowest BCUT2D eigenvalue weighted by atomic mass is 10.2. The fraction of sp³-hybridized carbons (Fsp3) is 0.0769. The van der Waals surface area contributed by atoms with Crippen LogP contribution in [0.25, 0.3) is 0 Å². The first-order chi connectivity index (χ1) is 16.2. The Morgan fingerprint density at radius 2 is 0.848 bits per heavy atom. The van der Waals surface area contributed by atoms with Crippen molar-refractivity contribution in [1.82, 2.24) is 0 Å². The zero-order chi connectivity index (χ0) is 22.9. The van der Waals surface area contributed by atoms with Crippen LogP contribution in [0.3, 0.4) is 0 Å². The van der Waals surface area contributed by atoms with Crippen molar-refractivity contribution in [3.8, 4) is 11.5 Å². The molecule has 0 radical (unpaired) electrons. The van der Waals surface area contributed by atoms with Crippen LogP contribution in [0.1, 0.15) is 22.0 Å². The molecule has 0 fully saturated rings. The Kier molecular flexibility index (Phi) is 8.03. The minimum atomic E-state index is -0.379. The Labute approximate surface area is 202 Å². The van der Waals surface area contributed by atoms with Crippen LogP contribution in [0.15, 0.2) is 109 Å². The molecule has 0 aliphatic carbocycles. The molecule has 4 aromatic rings. The molecule has 4 rings (SSSR count). The molecule has 168 valence electrons. The van der Waals surface area contributed by atoms with E-state index in [1.807, 2.05) is 109 Å². The fourth-order valence-electron chi connectivity index (χ4n) is 2.94. The van der Waals surface area contributed by atoms with Crippen molar-refractivity contribution in [2.45, 2.75) is 10.9 Å². The Balaban J connectivity index is 1.46. The van der Waals surface area contributed by atoms with Crippen molar-refractivity contribution < 1.29 is 13.1 Å². The van der Waals surface area contributed by atoms with Gasteiger partial charge in [-0.25, -0.2) is 3.63 Å². The summed E-state index contributed by atoms with van der Waals surface area (Å²) in [6.07, 6.45) is 0. The van der Waals surface area contributed by atoms with Gasteiger partial charge in [-0.2, -0.15) is 0 Å². The highest BCUT2D eigenvalue weighted by Gasteiger charge is 2.20. The topological polar surface area (TPSA) is 79.7 Å². The summed E-state index contributed by atoms with van der Waals surface area (Å²) in [6.45, 7) is 0. The predicted molar refractivity (Wildman–Crippen MR) is 138 cm³/mol. The van der Waals surface area contributed by atoms with Crippen LogP contribution >= 0.6 is 24.1 Å². The average molecular weight is 477 g/mol. The van der Waals surface area contributed by atoms with Crippen molar-refractivity contribution in [2.24, 2.45) is 0 Å². The molecular weight excluding hydrogens is 452 g/mol. The van der Waals surface area contributed by atoms with Gasteiger partial charge in [-0.1, -0.05) is 60.7 Å². The van der Waals surface area contributed by atoms with E-state index in [-0.39, 0.29) is 10.9 Å². The molecule has 0 bridgehead atoms. The summed E-state index contributed by atoms with van der Waals surface area (Å²) in [5.41, 5.74) is 14.2. The van der Waals surface area contributed by atoms with E-state index in [4.69, 9.17) is 24.6 Å². The van der Waals surface area contributed by atoms with E-state index in [0.29, 0.717) is 22.9 Å². The molecule has 0 aliphatic heterocycles. The fourth-order valence-corrected chi connectivity index (χ4v) is 4.53. The van der Waals surface area contributed by atoms with Crippen LogP contribution in [-0.4, -0.2) is 0 Å². The van der Waals surface area contributed by atoms with Gasteiger partial charge in [-0.15, -0.1) is 0 Å². The van der Waals surface area contributed by atoms with E-state index in [0.717, 1.165) is 11.1 Å². The van der Waals surface area contributed by atoms with Crippen molar-refractivity contribution in [3.05, 3.63) is 120 Å². The van der Waals surface area contributed by atoms with Crippen LogP contribution in [-0.2, 0) is 3.63 Å². The number of benzene rings is 4. The molecule has 0 spiro atoms. The molecule has 0 saturated carbocycles. The minimum absolute atomic E-state index is 0.379. The number of anilines is 2. The molecule has 0 saturated heterocycles. The highest BCUT2D eigenvalue weighted by molar-refractivity contribution is 8.08. The maximum Gasteiger partial charge on any atom is 0.195 e. The second-order valence-electron chi connectivity index (χ2n) is 7.12. The largest absolute Gasteiger partial charge is 0.473 e. The molecule has 0 aliphatic rings. The first kappa shape index (κ1) is 22.9. The second kappa shape index (κ2) is 11.6. The van der Waals surface area contributed by atoms with E-state index in [9.17, 15) is 0 Å². The third-order valence-corrected chi connectivity index (χ3v) is 6.36. The third-order valence-electron chi connectivity index (χ3n) is 4.64. The van der Waals surface area contributed by atoms with Gasteiger partial charge in [0.2, 0.25) is 0 Å². The standard InChI is InChI=1S/C26H24N2O3S2/c27-21-11-15-23(16-12-21)29-25(19-7-3-1-4-8-19)32-31-33-26(20-9-5-2-6-10-20)30-24-17-13-22(28)14-18-24/h1-18,25-26H,27-28H2. The van der Waals surface area contributed by atoms with E-state index in [1.54, 1.807) is 0 Å². The van der Waals surface area contributed by atoms with Gasteiger partial charge >= 0.3 is 0 Å². The molecule has 4 aromatic carbocycles. The molecular formula is C26H24N2O3S2. The minimum Gasteiger partial charge on any atom is -0.473 e. The lowest BCUT2D eigenvalue weighted by molar-refractivity contribution is 0.282. The summed E-state index contributed by atoms with van der Waals surface area (Å²) >= 11 is 2.44. The van der Waals surface area contributed by atoms with Crippen molar-refractivity contribution in [3.63, 3.8) is 0 Å². The van der Waals surface area contributed by atoms with Gasteiger partial charge in [0.25, 0.3) is 0 Å². The van der Waals surface area contributed by atoms with Crippen LogP contribution in [0.4, 0.5) is 11.4 Å². The summed E-state index contributed by atoms with van der Waals surface area (Å²) in [6, 6.07) is 34.4. The lowest BCUT2D eigenvalue weighted by Gasteiger charge is -2.21. The maximum absolute atomic E-state index is 6.19. The third kappa shape index (κ3) is 6.86. The van der Waals surface area contributed by atoms with Crippen molar-refractivity contribution in [2.75, 3.05) is 11.5 Å². The van der Waals surface area contributed by atoms with Gasteiger partial charge < -0.3 is 20.9 Å². The SMILES string of the molecule is Nc1ccc(OC(SOSC(Oc2ccc(N)cc2)c2ccccc2)c2ccccc2)cc1. The van der Waals surface area contributed by atoms with Gasteiger partial charge in [-0.05, 0) is 48.5 Å². The highest BCUT2D eigenvalue weighted by atomic mass is 32.2. The van der Waals surface area contributed by atoms with E-state index < -0.39 is 0 Å². The van der Waals surface area contributed by atoms with Gasteiger partial charge in [0.1, 0.15) is 11.5 Å². The summed E-state index contributed by atoms with van der Waals surface area (Å²) in [7, 11) is 0. The van der Waals surface area contributed by atoms with Gasteiger partial charge in [0, 0.05) is 22.5 Å². The molecule has 33 heavy (non-hydrogen) atoms. The number of ether oxygens (including phenoxy) is 2. The monoisotopic (exact) mass is 476 g/mol. The maximum atomic E-state index is 6.19. The number of hydrogen-bond acceptors (Lipinski definition) is 7. The Morgan fingerprint density at radius 1 is 0.485 bits per heavy atom. The number of nitrogens with two attached hydrogens (primary N) is 2. The summed E-state index contributed by atoms with van der Waals surface area (Å²) in [5, 5.41) is 0. The van der Waals surface area contributed by atoms with Crippen LogP contribution < -0.4 is 20.9 Å². The summed E-state index contributed by atoms with van der Waals surface area (Å²) in [4.78, 5) is 0. The van der Waals surface area contributed by atoms with E-state index in [1.165, 1.54) is 24.1 Å². The lowest BCUT2D eigenvalue weighted by Crippen LogP contribution is -2.06. The van der Waals surface area contributed by atoms with Crippen LogP contribution in [0, 0.1) is 0 Å². The van der Waals surface area contributed by atoms with E-state index in [2.05, 4.69) is 0 Å². The highest BCUT2D eigenvalue weighted by Crippen LogP contribution is 2.40. The molecule has 2 atom stereocenters. The Hall–Kier alpha value is -3.26. The molecule has 7 heteroatoms. The quantitative estimate of drug-likeness (QED) is 0.145. The summed E-state index contributed by atoms with van der Waals surface area (Å²) in [5.74, 6) is 1.41. The smallest absolute Gasteiger partial charge is 0.195 e. The average Bonchev–Trinajstić information content (AvgIpc) is 2.86. The molecule has 5 nitrogen and oxygen atoms in total. The Morgan fingerprint density at radius 3 is 1.21 bits per heavy atom. The van der Waals surface area contributed by atoms with Crippen LogP contribution in [0.2, 0.25) is 0 Å². The molecule has 0 amide bonds. The zero-order valence-corrected chi connectivity index (χ0v) is 19.4. The first-order valence-corrected chi connectivity index (χ1v) is 11.9. The molecule has 2 unspecified atom stereocenters.